The molecule has 0 amide bonds. The van der Waals surface area contributed by atoms with E-state index in [2.05, 4.69) is 21.7 Å². The fourth-order valence-electron chi connectivity index (χ4n) is 2.74. The molecule has 4 heteroatoms. The van der Waals surface area contributed by atoms with Crippen LogP contribution in [0.5, 0.6) is 0 Å². The molecule has 0 aliphatic heterocycles. The second-order valence-electron chi connectivity index (χ2n) is 5.31. The zero-order chi connectivity index (χ0) is 13.4. The lowest BCUT2D eigenvalue weighted by atomic mass is 9.94. The number of nitrogens with zero attached hydrogens (tertiary/aromatic N) is 1. The second kappa shape index (κ2) is 4.93. The van der Waals surface area contributed by atoms with E-state index in [9.17, 15) is 4.39 Å². The monoisotopic (exact) mass is 276 g/mol. The Morgan fingerprint density at radius 2 is 2.26 bits per heavy atom. The summed E-state index contributed by atoms with van der Waals surface area (Å²) in [5.74, 6) is 0.442. The molecule has 1 aliphatic rings. The number of hydrogen-bond acceptors (Lipinski definition) is 1. The van der Waals surface area contributed by atoms with Crippen molar-refractivity contribution in [2.24, 2.45) is 5.92 Å². The van der Waals surface area contributed by atoms with Gasteiger partial charge in [-0.15, -0.1) is 0 Å². The summed E-state index contributed by atoms with van der Waals surface area (Å²) in [6.07, 6.45) is 7.94. The van der Waals surface area contributed by atoms with Crippen molar-refractivity contribution in [1.82, 2.24) is 9.55 Å². The quantitative estimate of drug-likeness (QED) is 0.632. The zero-order valence-corrected chi connectivity index (χ0v) is 11.8. The lowest BCUT2D eigenvalue weighted by molar-refractivity contribution is 0.413. The Bertz CT molecular complexity index is 696. The number of nitrogens with one attached hydrogen (secondary N) is 1. The first-order valence-corrected chi connectivity index (χ1v) is 7.09. The fraction of sp³-hybridized carbons (Fsp3) is 0.400. The van der Waals surface area contributed by atoms with Crippen molar-refractivity contribution >= 4 is 23.3 Å². The summed E-state index contributed by atoms with van der Waals surface area (Å²) >= 11 is 5.37. The largest absolute Gasteiger partial charge is 0.330 e. The highest BCUT2D eigenvalue weighted by atomic mass is 32.1. The second-order valence-corrected chi connectivity index (χ2v) is 5.70. The molecule has 0 saturated carbocycles. The van der Waals surface area contributed by atoms with Gasteiger partial charge in [-0.2, -0.15) is 0 Å². The topological polar surface area (TPSA) is 20.7 Å². The molecule has 1 unspecified atom stereocenters. The average molecular weight is 276 g/mol. The first-order valence-electron chi connectivity index (χ1n) is 6.69. The van der Waals surface area contributed by atoms with Gasteiger partial charge in [0, 0.05) is 6.54 Å². The molecular weight excluding hydrogens is 259 g/mol. The number of H-pyrrole nitrogens is 1. The van der Waals surface area contributed by atoms with Gasteiger partial charge in [-0.05, 0) is 62.0 Å². The van der Waals surface area contributed by atoms with Gasteiger partial charge in [-0.25, -0.2) is 4.39 Å². The van der Waals surface area contributed by atoms with Gasteiger partial charge in [0.1, 0.15) is 5.82 Å². The first-order chi connectivity index (χ1) is 9.15. The van der Waals surface area contributed by atoms with Crippen LogP contribution in [0.25, 0.3) is 11.0 Å². The van der Waals surface area contributed by atoms with Crippen LogP contribution in [0, 0.1) is 23.4 Å². The molecule has 3 rings (SSSR count). The molecule has 1 aromatic carbocycles. The van der Waals surface area contributed by atoms with Crippen molar-refractivity contribution in [2.45, 2.75) is 32.7 Å². The lowest BCUT2D eigenvalue weighted by Gasteiger charge is -2.18. The Labute approximate surface area is 117 Å². The van der Waals surface area contributed by atoms with Crippen molar-refractivity contribution < 1.29 is 4.39 Å². The Balaban J connectivity index is 2.02. The third-order valence-corrected chi connectivity index (χ3v) is 4.20. The minimum Gasteiger partial charge on any atom is -0.330 e. The zero-order valence-electron chi connectivity index (χ0n) is 10.9. The Morgan fingerprint density at radius 3 is 3.00 bits per heavy atom. The third-order valence-electron chi connectivity index (χ3n) is 3.87. The number of halogens is 1. The van der Waals surface area contributed by atoms with E-state index in [1.807, 2.05) is 6.07 Å². The van der Waals surface area contributed by atoms with E-state index < -0.39 is 0 Å². The number of allylic oxidation sites excluding steroid dienone is 2. The highest BCUT2D eigenvalue weighted by Crippen LogP contribution is 2.24. The molecule has 100 valence electrons. The lowest BCUT2D eigenvalue weighted by Crippen LogP contribution is -2.12. The Kier molecular flexibility index (Phi) is 3.27. The normalized spacial score (nSPS) is 19.2. The molecule has 1 aliphatic carbocycles. The summed E-state index contributed by atoms with van der Waals surface area (Å²) in [6.45, 7) is 2.70. The Hall–Kier alpha value is -1.42. The van der Waals surface area contributed by atoms with E-state index in [0.717, 1.165) is 30.4 Å². The molecule has 0 fully saturated rings. The van der Waals surface area contributed by atoms with Gasteiger partial charge in [0.25, 0.3) is 0 Å². The van der Waals surface area contributed by atoms with E-state index in [4.69, 9.17) is 12.2 Å². The van der Waals surface area contributed by atoms with E-state index in [-0.39, 0.29) is 5.82 Å². The number of hydrogen-bond donors (Lipinski definition) is 1. The number of aryl methyl sites for hydroxylation is 1. The average Bonchev–Trinajstić information content (AvgIpc) is 2.68. The van der Waals surface area contributed by atoms with E-state index in [0.29, 0.717) is 16.3 Å². The van der Waals surface area contributed by atoms with E-state index >= 15 is 0 Å². The molecule has 2 nitrogen and oxygen atoms in total. The third kappa shape index (κ3) is 2.37. The maximum atomic E-state index is 13.6. The van der Waals surface area contributed by atoms with E-state index in [1.165, 1.54) is 12.5 Å². The highest BCUT2D eigenvalue weighted by Gasteiger charge is 2.14. The predicted octanol–water partition coefficient (Wildman–Crippen LogP) is 4.50. The van der Waals surface area contributed by atoms with Gasteiger partial charge in [0.15, 0.2) is 4.77 Å². The van der Waals surface area contributed by atoms with Crippen LogP contribution in [0.2, 0.25) is 0 Å². The number of benzene rings is 1. The predicted molar refractivity (Wildman–Crippen MR) is 78.3 cm³/mol. The van der Waals surface area contributed by atoms with Crippen LogP contribution in [-0.4, -0.2) is 9.55 Å². The molecule has 2 aromatic rings. The Morgan fingerprint density at radius 1 is 1.42 bits per heavy atom. The van der Waals surface area contributed by atoms with Crippen LogP contribution in [0.3, 0.4) is 0 Å². The summed E-state index contributed by atoms with van der Waals surface area (Å²) in [4.78, 5) is 3.10. The van der Waals surface area contributed by atoms with Gasteiger partial charge in [0.2, 0.25) is 0 Å². The van der Waals surface area contributed by atoms with Gasteiger partial charge >= 0.3 is 0 Å². The van der Waals surface area contributed by atoms with Crippen LogP contribution in [0.1, 0.15) is 24.8 Å². The van der Waals surface area contributed by atoms with E-state index in [1.54, 1.807) is 6.92 Å². The molecule has 0 spiro atoms. The number of fused-ring (bicyclic) bond motifs is 1. The molecule has 1 aromatic heterocycles. The standard InChI is InChI=1S/C15H17FN2S/c1-10-7-14-13(8-12(10)16)17-15(19)18(14)9-11-5-3-2-4-6-11/h2-3,7-8,11H,4-6,9H2,1H3,(H,17,19). The van der Waals surface area contributed by atoms with Gasteiger partial charge in [0.05, 0.1) is 11.0 Å². The molecule has 1 atom stereocenters. The van der Waals surface area contributed by atoms with Gasteiger partial charge < -0.3 is 9.55 Å². The molecule has 1 N–H and O–H groups in total. The summed E-state index contributed by atoms with van der Waals surface area (Å²) in [7, 11) is 0. The summed E-state index contributed by atoms with van der Waals surface area (Å²) < 4.78 is 16.4. The number of rotatable bonds is 2. The minimum absolute atomic E-state index is 0.184. The molecular formula is C15H17FN2S. The number of imidazole rings is 1. The van der Waals surface area contributed by atoms with Crippen molar-refractivity contribution in [1.29, 1.82) is 0 Å². The molecule has 0 saturated heterocycles. The SMILES string of the molecule is Cc1cc2c(cc1F)[nH]c(=S)n2CC1CC=CCC1. The van der Waals surface area contributed by atoms with Crippen molar-refractivity contribution in [3.8, 4) is 0 Å². The minimum atomic E-state index is -0.184. The highest BCUT2D eigenvalue weighted by molar-refractivity contribution is 7.71. The summed E-state index contributed by atoms with van der Waals surface area (Å²) in [6, 6.07) is 3.42. The van der Waals surface area contributed by atoms with Crippen LogP contribution < -0.4 is 0 Å². The van der Waals surface area contributed by atoms with Crippen LogP contribution >= 0.6 is 12.2 Å². The van der Waals surface area contributed by atoms with Crippen LogP contribution in [0.4, 0.5) is 4.39 Å². The maximum Gasteiger partial charge on any atom is 0.178 e. The van der Waals surface area contributed by atoms with Gasteiger partial charge in [-0.1, -0.05) is 12.2 Å². The van der Waals surface area contributed by atoms with Crippen LogP contribution in [0.15, 0.2) is 24.3 Å². The molecule has 0 radical (unpaired) electrons. The summed E-state index contributed by atoms with van der Waals surface area (Å²) in [5, 5.41) is 0. The smallest absolute Gasteiger partial charge is 0.178 e. The van der Waals surface area contributed by atoms with Crippen molar-refractivity contribution in [2.75, 3.05) is 0 Å². The number of aromatic nitrogens is 2. The molecule has 1 heterocycles. The van der Waals surface area contributed by atoms with Crippen LogP contribution in [-0.2, 0) is 6.54 Å². The fourth-order valence-corrected chi connectivity index (χ4v) is 3.03. The van der Waals surface area contributed by atoms with Gasteiger partial charge in [-0.3, -0.25) is 0 Å². The van der Waals surface area contributed by atoms with Crippen molar-refractivity contribution in [3.05, 3.63) is 40.4 Å². The molecule has 0 bridgehead atoms. The molecule has 19 heavy (non-hydrogen) atoms. The maximum absolute atomic E-state index is 13.6. The van der Waals surface area contributed by atoms with Crippen molar-refractivity contribution in [3.63, 3.8) is 0 Å². The summed E-state index contributed by atoms with van der Waals surface area (Å²) in [5.41, 5.74) is 2.47. The number of aromatic amines is 1. The first kappa shape index (κ1) is 12.6.